The molecule has 1 saturated carbocycles. The molecule has 1 aliphatic carbocycles. The fourth-order valence-electron chi connectivity index (χ4n) is 5.13. The van der Waals surface area contributed by atoms with Gasteiger partial charge in [0.05, 0.1) is 5.04 Å². The molecule has 2 aromatic heterocycles. The highest BCUT2D eigenvalue weighted by molar-refractivity contribution is 8.13. The summed E-state index contributed by atoms with van der Waals surface area (Å²) in [7, 11) is 0. The number of hydrogen-bond donors (Lipinski definition) is 1. The Balaban J connectivity index is 1.44. The lowest BCUT2D eigenvalue weighted by Gasteiger charge is -2.35. The third-order valence-electron chi connectivity index (χ3n) is 6.69. The molecule has 2 fully saturated rings. The molecule has 1 N–H and O–H groups in total. The molecule has 0 aromatic carbocycles. The van der Waals surface area contributed by atoms with E-state index in [0.29, 0.717) is 22.9 Å². The van der Waals surface area contributed by atoms with Crippen LogP contribution < -0.4 is 0 Å². The normalized spacial score (nSPS) is 22.5. The van der Waals surface area contributed by atoms with Crippen LogP contribution in [-0.2, 0) is 4.74 Å². The Hall–Kier alpha value is -1.80. The van der Waals surface area contributed by atoms with Crippen LogP contribution in [0.25, 0.3) is 11.0 Å². The summed E-state index contributed by atoms with van der Waals surface area (Å²) in [5, 5.41) is 9.97. The average Bonchev–Trinajstić information content (AvgIpc) is 3.37. The van der Waals surface area contributed by atoms with E-state index in [4.69, 9.17) is 21.7 Å². The first-order valence-corrected chi connectivity index (χ1v) is 12.9. The van der Waals surface area contributed by atoms with E-state index in [0.717, 1.165) is 55.4 Å². The molecule has 3 heterocycles. The zero-order valence-electron chi connectivity index (χ0n) is 19.2. The fourth-order valence-corrected chi connectivity index (χ4v) is 5.64. The SMILES string of the molecule is CSC(=N)c1cn(C2CCC(C3CCN(C(=O)OC(C)(C)C)CC3)C2)c2nc(Cl)ncc12. The summed E-state index contributed by atoms with van der Waals surface area (Å²) in [5.41, 5.74) is 1.24. The largest absolute Gasteiger partial charge is 0.444 e. The lowest BCUT2D eigenvalue weighted by atomic mass is 9.83. The highest BCUT2D eigenvalue weighted by Crippen LogP contribution is 2.43. The average molecular weight is 478 g/mol. The Morgan fingerprint density at radius 3 is 2.59 bits per heavy atom. The summed E-state index contributed by atoms with van der Waals surface area (Å²) >= 11 is 7.53. The number of likely N-dealkylation sites (tertiary alicyclic amines) is 1. The van der Waals surface area contributed by atoms with Gasteiger partial charge in [0, 0.05) is 42.5 Å². The second-order valence-electron chi connectivity index (χ2n) is 9.89. The van der Waals surface area contributed by atoms with Gasteiger partial charge in [-0.3, -0.25) is 5.41 Å². The van der Waals surface area contributed by atoms with Crippen molar-refractivity contribution in [3.8, 4) is 0 Å². The monoisotopic (exact) mass is 477 g/mol. The fraction of sp³-hybridized carbons (Fsp3) is 0.652. The van der Waals surface area contributed by atoms with Crippen LogP contribution in [0.5, 0.6) is 0 Å². The van der Waals surface area contributed by atoms with Crippen molar-refractivity contribution in [1.82, 2.24) is 19.4 Å². The lowest BCUT2D eigenvalue weighted by Crippen LogP contribution is -2.42. The number of nitrogens with zero attached hydrogens (tertiary/aromatic N) is 4. The maximum Gasteiger partial charge on any atom is 0.410 e. The summed E-state index contributed by atoms with van der Waals surface area (Å²) < 4.78 is 7.76. The number of piperidine rings is 1. The van der Waals surface area contributed by atoms with Crippen molar-refractivity contribution < 1.29 is 9.53 Å². The van der Waals surface area contributed by atoms with Gasteiger partial charge in [0.1, 0.15) is 11.2 Å². The van der Waals surface area contributed by atoms with Gasteiger partial charge < -0.3 is 14.2 Å². The van der Waals surface area contributed by atoms with Crippen LogP contribution in [0.2, 0.25) is 5.28 Å². The molecule has 1 aliphatic heterocycles. The molecule has 1 amide bonds. The number of hydrogen-bond acceptors (Lipinski definition) is 6. The van der Waals surface area contributed by atoms with Gasteiger partial charge in [0.15, 0.2) is 0 Å². The molecule has 2 aromatic rings. The highest BCUT2D eigenvalue weighted by atomic mass is 35.5. The molecule has 2 unspecified atom stereocenters. The minimum Gasteiger partial charge on any atom is -0.444 e. The first kappa shape index (κ1) is 23.4. The Bertz CT molecular complexity index is 1010. The van der Waals surface area contributed by atoms with Crippen molar-refractivity contribution in [2.45, 2.75) is 64.5 Å². The van der Waals surface area contributed by atoms with E-state index in [2.05, 4.69) is 20.7 Å². The molecule has 4 rings (SSSR count). The van der Waals surface area contributed by atoms with Crippen molar-refractivity contribution in [1.29, 1.82) is 5.41 Å². The lowest BCUT2D eigenvalue weighted by molar-refractivity contribution is 0.0159. The van der Waals surface area contributed by atoms with Crippen LogP contribution in [0, 0.1) is 17.2 Å². The predicted molar refractivity (Wildman–Crippen MR) is 130 cm³/mol. The molecular formula is C23H32ClN5O2S. The third kappa shape index (κ3) is 4.91. The van der Waals surface area contributed by atoms with Gasteiger partial charge in [0.2, 0.25) is 5.28 Å². The number of nitrogens with one attached hydrogen (secondary N) is 1. The summed E-state index contributed by atoms with van der Waals surface area (Å²) in [6.07, 6.45) is 10.9. The van der Waals surface area contributed by atoms with E-state index in [1.807, 2.05) is 31.9 Å². The number of fused-ring (bicyclic) bond motifs is 1. The Kier molecular flexibility index (Phi) is 6.73. The van der Waals surface area contributed by atoms with E-state index in [-0.39, 0.29) is 11.4 Å². The Labute approximate surface area is 198 Å². The standard InChI is InChI=1S/C23H32ClN5O2S/c1-23(2,3)31-22(30)28-9-7-14(8-10-28)15-5-6-16(11-15)29-13-18(19(25)32-4)17-12-26-21(24)27-20(17)29/h12-16,25H,5-11H2,1-4H3. The Morgan fingerprint density at radius 1 is 1.22 bits per heavy atom. The van der Waals surface area contributed by atoms with Crippen LogP contribution in [0.15, 0.2) is 12.4 Å². The Morgan fingerprint density at radius 2 is 1.94 bits per heavy atom. The molecule has 0 spiro atoms. The minimum atomic E-state index is -0.454. The maximum atomic E-state index is 12.4. The van der Waals surface area contributed by atoms with Crippen LogP contribution in [-0.4, -0.2) is 55.5 Å². The molecular weight excluding hydrogens is 446 g/mol. The summed E-state index contributed by atoms with van der Waals surface area (Å²) in [4.78, 5) is 22.9. The van der Waals surface area contributed by atoms with Crippen LogP contribution in [0.4, 0.5) is 4.79 Å². The molecule has 0 radical (unpaired) electrons. The molecule has 9 heteroatoms. The van der Waals surface area contributed by atoms with Crippen molar-refractivity contribution in [2.24, 2.45) is 11.8 Å². The quantitative estimate of drug-likeness (QED) is 0.345. The zero-order chi connectivity index (χ0) is 23.0. The van der Waals surface area contributed by atoms with Crippen LogP contribution in [0.3, 0.4) is 0 Å². The summed E-state index contributed by atoms with van der Waals surface area (Å²) in [6, 6.07) is 0.348. The number of aromatic nitrogens is 3. The van der Waals surface area contributed by atoms with Gasteiger partial charge in [-0.1, -0.05) is 0 Å². The second kappa shape index (κ2) is 9.21. The first-order chi connectivity index (χ1) is 15.2. The minimum absolute atomic E-state index is 0.195. The molecule has 2 aliphatic rings. The molecule has 32 heavy (non-hydrogen) atoms. The first-order valence-electron chi connectivity index (χ1n) is 11.3. The molecule has 2 atom stereocenters. The second-order valence-corrected chi connectivity index (χ2v) is 11.0. The number of rotatable bonds is 3. The summed E-state index contributed by atoms with van der Waals surface area (Å²) in [6.45, 7) is 7.26. The van der Waals surface area contributed by atoms with E-state index in [1.165, 1.54) is 18.2 Å². The number of thioether (sulfide) groups is 1. The molecule has 0 bridgehead atoms. The third-order valence-corrected chi connectivity index (χ3v) is 7.50. The van der Waals surface area contributed by atoms with Gasteiger partial charge in [-0.05, 0) is 82.6 Å². The van der Waals surface area contributed by atoms with Gasteiger partial charge in [0.25, 0.3) is 0 Å². The van der Waals surface area contributed by atoms with Gasteiger partial charge in [-0.25, -0.2) is 9.78 Å². The number of amides is 1. The van der Waals surface area contributed by atoms with E-state index in [9.17, 15) is 4.79 Å². The summed E-state index contributed by atoms with van der Waals surface area (Å²) in [5.74, 6) is 1.27. The van der Waals surface area contributed by atoms with E-state index >= 15 is 0 Å². The van der Waals surface area contributed by atoms with Crippen LogP contribution >= 0.6 is 23.4 Å². The zero-order valence-corrected chi connectivity index (χ0v) is 20.8. The van der Waals surface area contributed by atoms with Crippen molar-refractivity contribution in [3.63, 3.8) is 0 Å². The van der Waals surface area contributed by atoms with Gasteiger partial charge in [-0.2, -0.15) is 4.98 Å². The van der Waals surface area contributed by atoms with Crippen molar-refractivity contribution >= 4 is 45.5 Å². The van der Waals surface area contributed by atoms with Crippen molar-refractivity contribution in [3.05, 3.63) is 23.2 Å². The van der Waals surface area contributed by atoms with E-state index in [1.54, 1.807) is 6.20 Å². The smallest absolute Gasteiger partial charge is 0.410 e. The van der Waals surface area contributed by atoms with Gasteiger partial charge >= 0.3 is 6.09 Å². The number of carbonyl (C=O) groups is 1. The number of ether oxygens (including phenoxy) is 1. The topological polar surface area (TPSA) is 84.1 Å². The van der Waals surface area contributed by atoms with Crippen LogP contribution in [0.1, 0.15) is 64.5 Å². The predicted octanol–water partition coefficient (Wildman–Crippen LogP) is 5.76. The molecule has 7 nitrogen and oxygen atoms in total. The maximum absolute atomic E-state index is 12.4. The number of carbonyl (C=O) groups excluding carboxylic acids is 1. The van der Waals surface area contributed by atoms with E-state index < -0.39 is 5.60 Å². The van der Waals surface area contributed by atoms with Gasteiger partial charge in [-0.15, -0.1) is 11.8 Å². The number of halogens is 1. The van der Waals surface area contributed by atoms with Crippen molar-refractivity contribution in [2.75, 3.05) is 19.3 Å². The molecule has 174 valence electrons. The highest BCUT2D eigenvalue weighted by Gasteiger charge is 2.36. The molecule has 1 saturated heterocycles.